The Morgan fingerprint density at radius 3 is 2.63 bits per heavy atom. The van der Waals surface area contributed by atoms with Crippen LogP contribution in [-0.2, 0) is 6.54 Å². The normalized spacial score (nSPS) is 11.3. The van der Waals surface area contributed by atoms with Crippen molar-refractivity contribution in [2.75, 3.05) is 12.3 Å². The number of nitrogens with one attached hydrogen (secondary N) is 1. The van der Waals surface area contributed by atoms with Crippen molar-refractivity contribution in [3.63, 3.8) is 0 Å². The van der Waals surface area contributed by atoms with Crippen molar-refractivity contribution in [2.45, 2.75) is 17.9 Å². The molecule has 3 aromatic carbocycles. The molecule has 0 aliphatic rings. The molecule has 0 bridgehead atoms. The number of hydrogen-bond acceptors (Lipinski definition) is 4. The third-order valence-corrected chi connectivity index (χ3v) is 5.64. The smallest absolute Gasteiger partial charge is 0.336 e. The number of fused-ring (bicyclic) bond motifs is 3. The molecule has 0 unspecified atom stereocenters. The van der Waals surface area contributed by atoms with Crippen LogP contribution in [0.2, 0.25) is 0 Å². The standard InChI is InChI=1S/C23H21NO2S/c25-22-15-18(16-24-13-6-14-27-19-8-2-1-3-9-19)23-20-10-5-4-7-17(20)11-12-21(23)26-22/h1-5,7-12,15,24H,6,13-14,16H2. The first kappa shape index (κ1) is 17.8. The minimum atomic E-state index is -0.297. The van der Waals surface area contributed by atoms with E-state index in [0.29, 0.717) is 12.1 Å². The summed E-state index contributed by atoms with van der Waals surface area (Å²) < 4.78 is 5.42. The summed E-state index contributed by atoms with van der Waals surface area (Å²) in [6, 6.07) is 24.1. The quantitative estimate of drug-likeness (QED) is 0.208. The van der Waals surface area contributed by atoms with Crippen LogP contribution in [0.25, 0.3) is 21.7 Å². The van der Waals surface area contributed by atoms with Crippen LogP contribution >= 0.6 is 11.8 Å². The SMILES string of the molecule is O=c1cc(CNCCCSc2ccccc2)c2c(ccc3ccccc32)o1. The van der Waals surface area contributed by atoms with E-state index in [1.807, 2.05) is 42.1 Å². The van der Waals surface area contributed by atoms with Crippen LogP contribution in [-0.4, -0.2) is 12.3 Å². The number of rotatable bonds is 7. The van der Waals surface area contributed by atoms with Crippen molar-refractivity contribution in [3.8, 4) is 0 Å². The lowest BCUT2D eigenvalue weighted by atomic mass is 10.0. The van der Waals surface area contributed by atoms with Gasteiger partial charge >= 0.3 is 5.63 Å². The summed E-state index contributed by atoms with van der Waals surface area (Å²) in [6.07, 6.45) is 1.07. The zero-order valence-electron chi connectivity index (χ0n) is 15.0. The molecule has 0 fully saturated rings. The Morgan fingerprint density at radius 1 is 0.926 bits per heavy atom. The molecule has 1 N–H and O–H groups in total. The Bertz CT molecular complexity index is 1110. The van der Waals surface area contributed by atoms with Crippen molar-refractivity contribution >= 4 is 33.5 Å². The predicted octanol–water partition coefficient (Wildman–Crippen LogP) is 5.22. The van der Waals surface area contributed by atoms with Crippen molar-refractivity contribution in [1.29, 1.82) is 0 Å². The minimum Gasteiger partial charge on any atom is -0.423 e. The first-order chi connectivity index (χ1) is 13.3. The molecule has 3 nitrogen and oxygen atoms in total. The van der Waals surface area contributed by atoms with Crippen molar-refractivity contribution in [3.05, 3.63) is 88.8 Å². The molecule has 1 heterocycles. The lowest BCUT2D eigenvalue weighted by Crippen LogP contribution is -2.17. The van der Waals surface area contributed by atoms with Crippen molar-refractivity contribution in [2.24, 2.45) is 0 Å². The zero-order chi connectivity index (χ0) is 18.5. The van der Waals surface area contributed by atoms with Gasteiger partial charge in [-0.15, -0.1) is 11.8 Å². The molecular weight excluding hydrogens is 354 g/mol. The molecule has 4 heteroatoms. The highest BCUT2D eigenvalue weighted by atomic mass is 32.2. The summed E-state index contributed by atoms with van der Waals surface area (Å²) in [5.74, 6) is 1.07. The van der Waals surface area contributed by atoms with Crippen LogP contribution in [0.15, 0.2) is 86.9 Å². The van der Waals surface area contributed by atoms with Crippen LogP contribution in [0.5, 0.6) is 0 Å². The van der Waals surface area contributed by atoms with E-state index in [1.54, 1.807) is 6.07 Å². The molecule has 0 aliphatic heterocycles. The highest BCUT2D eigenvalue weighted by molar-refractivity contribution is 7.99. The average Bonchev–Trinajstić information content (AvgIpc) is 2.70. The van der Waals surface area contributed by atoms with Gasteiger partial charge in [0.25, 0.3) is 0 Å². The fourth-order valence-electron chi connectivity index (χ4n) is 3.29. The summed E-state index contributed by atoms with van der Waals surface area (Å²) in [4.78, 5) is 13.2. The summed E-state index contributed by atoms with van der Waals surface area (Å²) >= 11 is 1.87. The molecule has 0 spiro atoms. The molecule has 0 amide bonds. The fraction of sp³-hybridized carbons (Fsp3) is 0.174. The van der Waals surface area contributed by atoms with E-state index in [4.69, 9.17) is 4.42 Å². The molecule has 27 heavy (non-hydrogen) atoms. The van der Waals surface area contributed by atoms with E-state index in [-0.39, 0.29) is 5.63 Å². The van der Waals surface area contributed by atoms with Gasteiger partial charge in [0.1, 0.15) is 5.58 Å². The van der Waals surface area contributed by atoms with Gasteiger partial charge in [0.15, 0.2) is 0 Å². The van der Waals surface area contributed by atoms with Crippen LogP contribution < -0.4 is 10.9 Å². The molecule has 0 radical (unpaired) electrons. The minimum absolute atomic E-state index is 0.297. The maximum absolute atomic E-state index is 11.9. The first-order valence-electron chi connectivity index (χ1n) is 9.14. The second-order valence-corrected chi connectivity index (χ2v) is 7.61. The third-order valence-electron chi connectivity index (χ3n) is 4.54. The monoisotopic (exact) mass is 375 g/mol. The molecule has 0 aliphatic carbocycles. The van der Waals surface area contributed by atoms with Crippen molar-refractivity contribution in [1.82, 2.24) is 5.32 Å². The van der Waals surface area contributed by atoms with Crippen molar-refractivity contribution < 1.29 is 4.42 Å². The van der Waals surface area contributed by atoms with E-state index >= 15 is 0 Å². The second-order valence-electron chi connectivity index (χ2n) is 6.44. The van der Waals surface area contributed by atoms with E-state index in [0.717, 1.165) is 40.4 Å². The molecule has 4 aromatic rings. The largest absolute Gasteiger partial charge is 0.423 e. The number of benzene rings is 3. The topological polar surface area (TPSA) is 42.2 Å². The Hall–Kier alpha value is -2.56. The highest BCUT2D eigenvalue weighted by Gasteiger charge is 2.09. The molecule has 0 saturated carbocycles. The van der Waals surface area contributed by atoms with Gasteiger partial charge in [-0.1, -0.05) is 48.5 Å². The highest BCUT2D eigenvalue weighted by Crippen LogP contribution is 2.27. The van der Waals surface area contributed by atoms with Gasteiger partial charge in [0.2, 0.25) is 0 Å². The van der Waals surface area contributed by atoms with Crippen LogP contribution in [0.1, 0.15) is 12.0 Å². The molecule has 0 atom stereocenters. The van der Waals surface area contributed by atoms with Gasteiger partial charge in [0, 0.05) is 22.9 Å². The van der Waals surface area contributed by atoms with Gasteiger partial charge in [-0.25, -0.2) is 4.79 Å². The van der Waals surface area contributed by atoms with E-state index in [2.05, 4.69) is 41.7 Å². The molecule has 136 valence electrons. The van der Waals surface area contributed by atoms with Gasteiger partial charge in [-0.3, -0.25) is 0 Å². The Kier molecular flexibility index (Phi) is 5.56. The van der Waals surface area contributed by atoms with E-state index in [1.165, 1.54) is 4.90 Å². The van der Waals surface area contributed by atoms with Gasteiger partial charge < -0.3 is 9.73 Å². The molecule has 1 aromatic heterocycles. The van der Waals surface area contributed by atoms with Gasteiger partial charge in [-0.2, -0.15) is 0 Å². The second kappa shape index (κ2) is 8.42. The van der Waals surface area contributed by atoms with E-state index in [9.17, 15) is 4.79 Å². The van der Waals surface area contributed by atoms with Crippen LogP contribution in [0.4, 0.5) is 0 Å². The lowest BCUT2D eigenvalue weighted by Gasteiger charge is -2.10. The molecule has 0 saturated heterocycles. The Morgan fingerprint density at radius 2 is 1.74 bits per heavy atom. The van der Waals surface area contributed by atoms with Gasteiger partial charge in [-0.05, 0) is 53.3 Å². The number of hydrogen-bond donors (Lipinski definition) is 1. The fourth-order valence-corrected chi connectivity index (χ4v) is 4.16. The lowest BCUT2D eigenvalue weighted by molar-refractivity contribution is 0.557. The van der Waals surface area contributed by atoms with Gasteiger partial charge in [0.05, 0.1) is 0 Å². The predicted molar refractivity (Wildman–Crippen MR) is 113 cm³/mol. The molecule has 4 rings (SSSR count). The first-order valence-corrected chi connectivity index (χ1v) is 10.1. The molecular formula is C23H21NO2S. The maximum Gasteiger partial charge on any atom is 0.336 e. The average molecular weight is 375 g/mol. The third kappa shape index (κ3) is 4.24. The number of thioether (sulfide) groups is 1. The summed E-state index contributed by atoms with van der Waals surface area (Å²) in [7, 11) is 0. The Balaban J connectivity index is 1.44. The Labute approximate surface area is 162 Å². The van der Waals surface area contributed by atoms with Crippen LogP contribution in [0.3, 0.4) is 0 Å². The van der Waals surface area contributed by atoms with Crippen LogP contribution in [0, 0.1) is 0 Å². The zero-order valence-corrected chi connectivity index (χ0v) is 15.8. The summed E-state index contributed by atoms with van der Waals surface area (Å²) in [6.45, 7) is 1.57. The maximum atomic E-state index is 11.9. The summed E-state index contributed by atoms with van der Waals surface area (Å²) in [5.41, 5.74) is 1.35. The summed E-state index contributed by atoms with van der Waals surface area (Å²) in [5, 5.41) is 6.78. The van der Waals surface area contributed by atoms with E-state index < -0.39 is 0 Å².